The normalized spacial score (nSPS) is 15.8. The smallest absolute Gasteiger partial charge is 0.00575 e. The van der Waals surface area contributed by atoms with Gasteiger partial charge in [-0.15, -0.1) is 5.73 Å². The molecule has 0 aromatic rings. The van der Waals surface area contributed by atoms with Gasteiger partial charge in [0.15, 0.2) is 0 Å². The second-order valence-corrected chi connectivity index (χ2v) is 2.45. The zero-order valence-electron chi connectivity index (χ0n) is 6.07. The number of hydrogen-bond acceptors (Lipinski definition) is 0. The van der Waals surface area contributed by atoms with Gasteiger partial charge in [-0.3, -0.25) is 0 Å². The Kier molecular flexibility index (Phi) is 1.92. The van der Waals surface area contributed by atoms with Crippen LogP contribution in [-0.2, 0) is 0 Å². The van der Waals surface area contributed by atoms with Gasteiger partial charge in [0.25, 0.3) is 0 Å². The van der Waals surface area contributed by atoms with Crippen molar-refractivity contribution in [2.45, 2.75) is 26.7 Å². The summed E-state index contributed by atoms with van der Waals surface area (Å²) in [6, 6.07) is 0. The van der Waals surface area contributed by atoms with Crippen LogP contribution in [0.15, 0.2) is 29.0 Å². The summed E-state index contributed by atoms with van der Waals surface area (Å²) in [4.78, 5) is 0. The van der Waals surface area contributed by atoms with Gasteiger partial charge in [-0.1, -0.05) is 13.3 Å². The van der Waals surface area contributed by atoms with Gasteiger partial charge in [0, 0.05) is 0 Å². The van der Waals surface area contributed by atoms with E-state index in [1.54, 1.807) is 0 Å². The molecule has 0 fully saturated rings. The first kappa shape index (κ1) is 6.38. The van der Waals surface area contributed by atoms with E-state index in [-0.39, 0.29) is 0 Å². The van der Waals surface area contributed by atoms with Crippen molar-refractivity contribution in [2.24, 2.45) is 0 Å². The van der Waals surface area contributed by atoms with Gasteiger partial charge in [-0.25, -0.2) is 0 Å². The van der Waals surface area contributed by atoms with Crippen molar-refractivity contribution < 1.29 is 0 Å². The lowest BCUT2D eigenvalue weighted by molar-refractivity contribution is 0.929. The predicted molar refractivity (Wildman–Crippen MR) is 40.3 cm³/mol. The molecule has 0 spiro atoms. The topological polar surface area (TPSA) is 0 Å². The second-order valence-electron chi connectivity index (χ2n) is 2.45. The average molecular weight is 120 g/mol. The molecule has 0 saturated carbocycles. The molecule has 1 rings (SSSR count). The first-order valence-corrected chi connectivity index (χ1v) is 3.47. The summed E-state index contributed by atoms with van der Waals surface area (Å²) in [5.74, 6) is 0. The number of rotatable bonds is 2. The molecule has 9 heavy (non-hydrogen) atoms. The van der Waals surface area contributed by atoms with Crippen LogP contribution in [0.25, 0.3) is 0 Å². The van der Waals surface area contributed by atoms with Gasteiger partial charge >= 0.3 is 0 Å². The van der Waals surface area contributed by atoms with Crippen LogP contribution in [0.3, 0.4) is 0 Å². The third-order valence-electron chi connectivity index (χ3n) is 1.41. The predicted octanol–water partition coefficient (Wildman–Crippen LogP) is 2.83. The van der Waals surface area contributed by atoms with Gasteiger partial charge in [-0.2, -0.15) is 0 Å². The molecule has 0 bridgehead atoms. The van der Waals surface area contributed by atoms with E-state index in [4.69, 9.17) is 0 Å². The lowest BCUT2D eigenvalue weighted by Crippen LogP contribution is -1.71. The fourth-order valence-electron chi connectivity index (χ4n) is 0.978. The maximum absolute atomic E-state index is 3.21. The zero-order valence-corrected chi connectivity index (χ0v) is 6.07. The van der Waals surface area contributed by atoms with Gasteiger partial charge in [0.05, 0.1) is 0 Å². The summed E-state index contributed by atoms with van der Waals surface area (Å²) in [6.07, 6.45) is 6.64. The van der Waals surface area contributed by atoms with Crippen LogP contribution in [0.2, 0.25) is 0 Å². The van der Waals surface area contributed by atoms with Crippen molar-refractivity contribution in [1.82, 2.24) is 0 Å². The monoisotopic (exact) mass is 120 g/mol. The van der Waals surface area contributed by atoms with E-state index in [1.165, 1.54) is 24.0 Å². The Morgan fingerprint density at radius 3 is 2.78 bits per heavy atom. The van der Waals surface area contributed by atoms with E-state index >= 15 is 0 Å². The summed E-state index contributed by atoms with van der Waals surface area (Å²) in [5.41, 5.74) is 5.89. The molecule has 0 heterocycles. The number of hydrogen-bond donors (Lipinski definition) is 0. The van der Waals surface area contributed by atoms with Crippen molar-refractivity contribution in [3.05, 3.63) is 29.0 Å². The second kappa shape index (κ2) is 2.70. The molecule has 0 unspecified atom stereocenters. The standard InChI is InChI=1S/C9H12/c1-3-4-9-6-5-8(2)7-9/h5,7H,3-4H2,1-2H3. The molecule has 0 aliphatic heterocycles. The Labute approximate surface area is 56.6 Å². The lowest BCUT2D eigenvalue weighted by Gasteiger charge is -1.89. The lowest BCUT2D eigenvalue weighted by atomic mass is 10.2. The summed E-state index contributed by atoms with van der Waals surface area (Å²) in [7, 11) is 0. The van der Waals surface area contributed by atoms with Gasteiger partial charge in [0.2, 0.25) is 0 Å². The Morgan fingerprint density at radius 1 is 1.56 bits per heavy atom. The van der Waals surface area contributed by atoms with Crippen LogP contribution in [0.4, 0.5) is 0 Å². The largest absolute Gasteiger partial charge is 0.117 e. The first-order chi connectivity index (χ1) is 4.33. The van der Waals surface area contributed by atoms with E-state index < -0.39 is 0 Å². The Bertz CT molecular complexity index is 188. The quantitative estimate of drug-likeness (QED) is 0.491. The average Bonchev–Trinajstić information content (AvgIpc) is 2.17. The summed E-state index contributed by atoms with van der Waals surface area (Å²) in [5, 5.41) is 0. The molecule has 1 aliphatic rings. The third kappa shape index (κ3) is 1.58. The van der Waals surface area contributed by atoms with E-state index in [0.717, 1.165) is 0 Å². The molecule has 0 heteroatoms. The molecule has 0 aromatic heterocycles. The minimum Gasteiger partial charge on any atom is -0.117 e. The van der Waals surface area contributed by atoms with Gasteiger partial charge in [0.1, 0.15) is 0 Å². The Hall–Kier alpha value is -0.740. The highest BCUT2D eigenvalue weighted by Crippen LogP contribution is 2.13. The molecule has 48 valence electrons. The molecular weight excluding hydrogens is 108 g/mol. The van der Waals surface area contributed by atoms with Gasteiger partial charge in [-0.05, 0) is 36.6 Å². The Balaban J connectivity index is 2.56. The maximum atomic E-state index is 3.21. The Morgan fingerprint density at radius 2 is 2.33 bits per heavy atom. The number of allylic oxidation sites excluding steroid dienone is 3. The summed E-state index contributed by atoms with van der Waals surface area (Å²) < 4.78 is 0. The van der Waals surface area contributed by atoms with Crippen molar-refractivity contribution in [1.29, 1.82) is 0 Å². The van der Waals surface area contributed by atoms with Gasteiger partial charge < -0.3 is 0 Å². The van der Waals surface area contributed by atoms with Crippen molar-refractivity contribution in [3.63, 3.8) is 0 Å². The highest BCUT2D eigenvalue weighted by Gasteiger charge is 1.94. The molecule has 0 radical (unpaired) electrons. The van der Waals surface area contributed by atoms with E-state index in [2.05, 4.69) is 25.7 Å². The van der Waals surface area contributed by atoms with E-state index in [9.17, 15) is 0 Å². The highest BCUT2D eigenvalue weighted by molar-refractivity contribution is 5.35. The highest BCUT2D eigenvalue weighted by atomic mass is 14.0. The van der Waals surface area contributed by atoms with Crippen LogP contribution in [0, 0.1) is 0 Å². The van der Waals surface area contributed by atoms with E-state index in [0.29, 0.717) is 0 Å². The molecule has 0 aromatic carbocycles. The third-order valence-corrected chi connectivity index (χ3v) is 1.41. The minimum absolute atomic E-state index is 1.17. The fourth-order valence-corrected chi connectivity index (χ4v) is 0.978. The molecular formula is C9H12. The molecule has 1 aliphatic carbocycles. The molecule has 0 N–H and O–H groups in total. The van der Waals surface area contributed by atoms with Crippen LogP contribution in [0.5, 0.6) is 0 Å². The van der Waals surface area contributed by atoms with Crippen molar-refractivity contribution in [2.75, 3.05) is 0 Å². The zero-order chi connectivity index (χ0) is 6.69. The molecule has 0 atom stereocenters. The first-order valence-electron chi connectivity index (χ1n) is 3.47. The fraction of sp³-hybridized carbons (Fsp3) is 0.444. The maximum Gasteiger partial charge on any atom is -0.00575 e. The van der Waals surface area contributed by atoms with Crippen LogP contribution in [0.1, 0.15) is 26.7 Å². The van der Waals surface area contributed by atoms with E-state index in [1.807, 2.05) is 6.08 Å². The molecule has 0 amide bonds. The molecule has 0 saturated heterocycles. The minimum atomic E-state index is 1.17. The summed E-state index contributed by atoms with van der Waals surface area (Å²) >= 11 is 0. The summed E-state index contributed by atoms with van der Waals surface area (Å²) in [6.45, 7) is 4.30. The molecule has 0 nitrogen and oxygen atoms in total. The van der Waals surface area contributed by atoms with Crippen LogP contribution in [-0.4, -0.2) is 0 Å². The SMILES string of the molecule is CCCC1=C=CC(C)=C1. The van der Waals surface area contributed by atoms with Crippen molar-refractivity contribution >= 4 is 0 Å². The van der Waals surface area contributed by atoms with Crippen LogP contribution >= 0.6 is 0 Å². The van der Waals surface area contributed by atoms with Crippen molar-refractivity contribution in [3.8, 4) is 0 Å². The van der Waals surface area contributed by atoms with Crippen LogP contribution < -0.4 is 0 Å².